The van der Waals surface area contributed by atoms with Crippen molar-refractivity contribution in [3.8, 4) is 0 Å². The Labute approximate surface area is 506 Å². The summed E-state index contributed by atoms with van der Waals surface area (Å²) in [4.78, 5) is 38.3. The van der Waals surface area contributed by atoms with Gasteiger partial charge < -0.3 is 14.2 Å². The van der Waals surface area contributed by atoms with Gasteiger partial charge in [-0.05, 0) is 116 Å². The van der Waals surface area contributed by atoms with Crippen molar-refractivity contribution < 1.29 is 28.6 Å². The van der Waals surface area contributed by atoms with Crippen LogP contribution < -0.4 is 0 Å². The van der Waals surface area contributed by atoms with Crippen molar-refractivity contribution in [2.45, 2.75) is 316 Å². The number of hydrogen-bond donors (Lipinski definition) is 0. The monoisotopic (exact) mass is 1130 g/mol. The Balaban J connectivity index is 4.30. The molecule has 0 aromatic rings. The Hall–Kier alpha value is -4.45. The van der Waals surface area contributed by atoms with Crippen molar-refractivity contribution in [1.82, 2.24) is 0 Å². The zero-order valence-electron chi connectivity index (χ0n) is 53.5. The Morgan fingerprint density at radius 2 is 0.476 bits per heavy atom. The van der Waals surface area contributed by atoms with E-state index >= 15 is 0 Å². The van der Waals surface area contributed by atoms with Gasteiger partial charge in [0.15, 0.2) is 6.10 Å². The molecule has 0 saturated heterocycles. The molecular weight excluding hydrogens is 1010 g/mol. The lowest BCUT2D eigenvalue weighted by molar-refractivity contribution is -0.167. The Morgan fingerprint density at radius 1 is 0.256 bits per heavy atom. The molecular formula is C76H126O6. The second kappa shape index (κ2) is 69.0. The number of hydrogen-bond acceptors (Lipinski definition) is 6. The van der Waals surface area contributed by atoms with E-state index in [4.69, 9.17) is 14.2 Å². The molecule has 82 heavy (non-hydrogen) atoms. The van der Waals surface area contributed by atoms with Gasteiger partial charge in [0.25, 0.3) is 0 Å². The van der Waals surface area contributed by atoms with Gasteiger partial charge in [0.1, 0.15) is 13.2 Å². The maximum Gasteiger partial charge on any atom is 0.306 e. The molecule has 0 aliphatic heterocycles. The summed E-state index contributed by atoms with van der Waals surface area (Å²) in [5, 5.41) is 0. The molecule has 0 aromatic heterocycles. The highest BCUT2D eigenvalue weighted by Crippen LogP contribution is 2.17. The number of unbranched alkanes of at least 4 members (excludes halogenated alkanes) is 28. The molecule has 0 saturated carbocycles. The average molecular weight is 1140 g/mol. The van der Waals surface area contributed by atoms with E-state index in [9.17, 15) is 14.4 Å². The van der Waals surface area contributed by atoms with Crippen molar-refractivity contribution in [3.05, 3.63) is 134 Å². The molecule has 0 aliphatic carbocycles. The topological polar surface area (TPSA) is 78.9 Å². The first-order valence-corrected chi connectivity index (χ1v) is 34.2. The van der Waals surface area contributed by atoms with E-state index < -0.39 is 6.10 Å². The minimum atomic E-state index is -0.797. The minimum absolute atomic E-state index is 0.0924. The quantitative estimate of drug-likeness (QED) is 0.0261. The summed E-state index contributed by atoms with van der Waals surface area (Å²) < 4.78 is 16.9. The Morgan fingerprint density at radius 3 is 0.756 bits per heavy atom. The first-order valence-electron chi connectivity index (χ1n) is 34.2. The zero-order valence-corrected chi connectivity index (χ0v) is 53.5. The molecule has 0 N–H and O–H groups in total. The van der Waals surface area contributed by atoms with E-state index in [1.54, 1.807) is 0 Å². The summed E-state index contributed by atoms with van der Waals surface area (Å²) in [6.45, 7) is 6.40. The van der Waals surface area contributed by atoms with Crippen molar-refractivity contribution >= 4 is 17.9 Å². The first kappa shape index (κ1) is 77.5. The average Bonchev–Trinajstić information content (AvgIpc) is 3.47. The van der Waals surface area contributed by atoms with Crippen LogP contribution in [0.3, 0.4) is 0 Å². The fourth-order valence-electron chi connectivity index (χ4n) is 9.36. The zero-order chi connectivity index (χ0) is 59.2. The highest BCUT2D eigenvalue weighted by molar-refractivity contribution is 5.71. The molecule has 1 unspecified atom stereocenters. The van der Waals surface area contributed by atoms with Gasteiger partial charge in [0, 0.05) is 19.3 Å². The normalized spacial score (nSPS) is 13.0. The second-order valence-corrected chi connectivity index (χ2v) is 22.3. The lowest BCUT2D eigenvalue weighted by atomic mass is 10.0. The summed E-state index contributed by atoms with van der Waals surface area (Å²) in [5.74, 6) is -0.921. The van der Waals surface area contributed by atoms with Gasteiger partial charge in [-0.2, -0.15) is 0 Å². The molecule has 0 aromatic carbocycles. The number of esters is 3. The van der Waals surface area contributed by atoms with Crippen molar-refractivity contribution in [3.63, 3.8) is 0 Å². The SMILES string of the molecule is CC/C=C\C/C=C\C/C=C\C/C=C\C/C=C\C/C=C\C/C=C\C/C=C\CCCCCCCCCCC(=O)OCC(COC(=O)CCCCC/C=C\C/C=C\C/C=C\CC)OC(=O)CCCCCCCCCCCCCCCCCCCC. The van der Waals surface area contributed by atoms with E-state index in [1.807, 2.05) is 0 Å². The maximum atomic E-state index is 12.9. The van der Waals surface area contributed by atoms with Crippen LogP contribution in [0.5, 0.6) is 0 Å². The van der Waals surface area contributed by atoms with Crippen LogP contribution in [-0.4, -0.2) is 37.2 Å². The molecule has 0 amide bonds. The third-order valence-electron chi connectivity index (χ3n) is 14.4. The number of rotatable bonds is 61. The van der Waals surface area contributed by atoms with Crippen molar-refractivity contribution in [2.75, 3.05) is 13.2 Å². The fraction of sp³-hybridized carbons (Fsp3) is 0.671. The number of ether oxygens (including phenoxy) is 3. The third kappa shape index (κ3) is 66.4. The van der Waals surface area contributed by atoms with Gasteiger partial charge >= 0.3 is 17.9 Å². The van der Waals surface area contributed by atoms with Crippen LogP contribution in [-0.2, 0) is 28.6 Å². The molecule has 0 aliphatic rings. The molecule has 466 valence electrons. The molecule has 0 rings (SSSR count). The van der Waals surface area contributed by atoms with Gasteiger partial charge in [-0.15, -0.1) is 0 Å². The van der Waals surface area contributed by atoms with Crippen LogP contribution in [0.25, 0.3) is 0 Å². The van der Waals surface area contributed by atoms with Crippen LogP contribution >= 0.6 is 0 Å². The summed E-state index contributed by atoms with van der Waals surface area (Å²) in [7, 11) is 0. The smallest absolute Gasteiger partial charge is 0.306 e. The fourth-order valence-corrected chi connectivity index (χ4v) is 9.36. The molecule has 6 heteroatoms. The summed E-state index contributed by atoms with van der Waals surface area (Å²) in [6.07, 6.45) is 97.6. The summed E-state index contributed by atoms with van der Waals surface area (Å²) >= 11 is 0. The molecule has 1 atom stereocenters. The number of allylic oxidation sites excluding steroid dienone is 22. The van der Waals surface area contributed by atoms with E-state index in [0.717, 1.165) is 141 Å². The van der Waals surface area contributed by atoms with Crippen LogP contribution in [0, 0.1) is 0 Å². The van der Waals surface area contributed by atoms with Crippen LogP contribution in [0.2, 0.25) is 0 Å². The minimum Gasteiger partial charge on any atom is -0.462 e. The van der Waals surface area contributed by atoms with E-state index in [2.05, 4.69) is 154 Å². The standard InChI is InChI=1S/C76H126O6/c1-4-7-10-13-16-19-22-25-27-29-31-32-33-34-35-36-37-38-39-40-41-42-43-44-45-47-48-51-54-57-60-63-66-69-75(78)81-72-73(71-80-74(77)68-65-62-59-56-53-50-24-21-18-15-12-9-6-3)82-76(79)70-67-64-61-58-55-52-49-46-30-28-26-23-20-17-14-11-8-5-2/h7,9-10,12,16,18-19,21,25,27,31-32,34-35,37-38,40-41,43-44,50,53,73H,4-6,8,11,13-15,17,20,22-24,26,28-30,33,36,39,42,45-49,51-52,54-72H2,1-3H3/b10-7-,12-9-,19-16-,21-18-,27-25-,32-31-,35-34-,38-37-,41-40-,44-43-,53-50-. The molecule has 0 fully saturated rings. The predicted molar refractivity (Wildman–Crippen MR) is 357 cm³/mol. The lowest BCUT2D eigenvalue weighted by Crippen LogP contribution is -2.30. The van der Waals surface area contributed by atoms with Crippen LogP contribution in [0.4, 0.5) is 0 Å². The van der Waals surface area contributed by atoms with Gasteiger partial charge in [-0.3, -0.25) is 14.4 Å². The predicted octanol–water partition coefficient (Wildman–Crippen LogP) is 23.7. The second-order valence-electron chi connectivity index (χ2n) is 22.3. The summed E-state index contributed by atoms with van der Waals surface area (Å²) in [5.41, 5.74) is 0. The highest BCUT2D eigenvalue weighted by Gasteiger charge is 2.19. The molecule has 0 heterocycles. The summed E-state index contributed by atoms with van der Waals surface area (Å²) in [6, 6.07) is 0. The van der Waals surface area contributed by atoms with Crippen molar-refractivity contribution in [1.29, 1.82) is 0 Å². The lowest BCUT2D eigenvalue weighted by Gasteiger charge is -2.18. The highest BCUT2D eigenvalue weighted by atomic mass is 16.6. The van der Waals surface area contributed by atoms with Gasteiger partial charge in [0.05, 0.1) is 0 Å². The molecule has 6 nitrogen and oxygen atoms in total. The third-order valence-corrected chi connectivity index (χ3v) is 14.4. The largest absolute Gasteiger partial charge is 0.462 e. The maximum absolute atomic E-state index is 12.9. The Kier molecular flexibility index (Phi) is 65.3. The first-order chi connectivity index (χ1) is 40.5. The van der Waals surface area contributed by atoms with Gasteiger partial charge in [-0.1, -0.05) is 309 Å². The Bertz CT molecular complexity index is 1730. The van der Waals surface area contributed by atoms with Gasteiger partial charge in [0.2, 0.25) is 0 Å². The molecule has 0 radical (unpaired) electrons. The van der Waals surface area contributed by atoms with E-state index in [-0.39, 0.29) is 31.1 Å². The molecule has 0 bridgehead atoms. The van der Waals surface area contributed by atoms with Crippen LogP contribution in [0.1, 0.15) is 310 Å². The van der Waals surface area contributed by atoms with Gasteiger partial charge in [-0.25, -0.2) is 0 Å². The van der Waals surface area contributed by atoms with Crippen LogP contribution in [0.15, 0.2) is 134 Å². The van der Waals surface area contributed by atoms with E-state index in [1.165, 1.54) is 128 Å². The number of carbonyl (C=O) groups excluding carboxylic acids is 3. The van der Waals surface area contributed by atoms with E-state index in [0.29, 0.717) is 19.3 Å². The number of carbonyl (C=O) groups is 3. The molecule has 0 spiro atoms. The van der Waals surface area contributed by atoms with Crippen molar-refractivity contribution in [2.24, 2.45) is 0 Å².